The lowest BCUT2D eigenvalue weighted by atomic mass is 10.2. The van der Waals surface area contributed by atoms with Crippen LogP contribution >= 0.6 is 15.9 Å². The molecule has 0 fully saturated rings. The minimum atomic E-state index is -0.293. The Kier molecular flexibility index (Phi) is 6.29. The molecule has 4 nitrogen and oxygen atoms in total. The van der Waals surface area contributed by atoms with Crippen molar-refractivity contribution >= 4 is 33.8 Å². The molecule has 0 spiro atoms. The first kappa shape index (κ1) is 15.4. The number of carbonyl (C=O) groups excluding carboxylic acids is 2. The second kappa shape index (κ2) is 7.74. The third-order valence-electron chi connectivity index (χ3n) is 2.15. The molecule has 2 N–H and O–H groups in total. The first-order chi connectivity index (χ1) is 8.97. The van der Waals surface area contributed by atoms with E-state index < -0.39 is 0 Å². The molecule has 5 heteroatoms. The Hall–Kier alpha value is -1.62. The molecule has 0 radical (unpaired) electrons. The Labute approximate surface area is 121 Å². The summed E-state index contributed by atoms with van der Waals surface area (Å²) in [6.45, 7) is 3.72. The van der Waals surface area contributed by atoms with Gasteiger partial charge in [0.25, 0.3) is 0 Å². The lowest BCUT2D eigenvalue weighted by molar-refractivity contribution is -0.124. The molecule has 0 heterocycles. The van der Waals surface area contributed by atoms with Crippen LogP contribution in [0.5, 0.6) is 0 Å². The third-order valence-corrected chi connectivity index (χ3v) is 2.64. The molecule has 2 amide bonds. The van der Waals surface area contributed by atoms with E-state index in [0.717, 1.165) is 10.0 Å². The standard InChI is InChI=1S/C14H17BrN2O2/c1-10(2)17-14(19)9-16-13(18)7-6-11-4-3-5-12(15)8-11/h3-8,10H,9H2,1-2H3,(H,16,18)(H,17,19)/b7-6+. The predicted molar refractivity (Wildman–Crippen MR) is 79.5 cm³/mol. The summed E-state index contributed by atoms with van der Waals surface area (Å²) in [6.07, 6.45) is 3.10. The fourth-order valence-electron chi connectivity index (χ4n) is 1.38. The number of rotatable bonds is 5. The monoisotopic (exact) mass is 324 g/mol. The molecular formula is C14H17BrN2O2. The van der Waals surface area contributed by atoms with Crippen molar-refractivity contribution < 1.29 is 9.59 Å². The first-order valence-corrected chi connectivity index (χ1v) is 6.77. The SMILES string of the molecule is CC(C)NC(=O)CNC(=O)/C=C/c1cccc(Br)c1. The second-order valence-electron chi connectivity index (χ2n) is 4.33. The predicted octanol–water partition coefficient (Wildman–Crippen LogP) is 2.10. The van der Waals surface area contributed by atoms with Gasteiger partial charge in [0, 0.05) is 16.6 Å². The molecule has 0 aliphatic rings. The van der Waals surface area contributed by atoms with Gasteiger partial charge in [-0.15, -0.1) is 0 Å². The van der Waals surface area contributed by atoms with Crippen molar-refractivity contribution in [2.75, 3.05) is 6.54 Å². The van der Waals surface area contributed by atoms with Crippen molar-refractivity contribution in [2.45, 2.75) is 19.9 Å². The largest absolute Gasteiger partial charge is 0.352 e. The molecule has 19 heavy (non-hydrogen) atoms. The van der Waals surface area contributed by atoms with E-state index in [9.17, 15) is 9.59 Å². The van der Waals surface area contributed by atoms with Gasteiger partial charge in [-0.2, -0.15) is 0 Å². The highest BCUT2D eigenvalue weighted by Gasteiger charge is 2.03. The smallest absolute Gasteiger partial charge is 0.244 e. The summed E-state index contributed by atoms with van der Waals surface area (Å²) in [5.74, 6) is -0.488. The van der Waals surface area contributed by atoms with Gasteiger partial charge in [0.2, 0.25) is 11.8 Å². The highest BCUT2D eigenvalue weighted by Crippen LogP contribution is 2.12. The van der Waals surface area contributed by atoms with Crippen molar-refractivity contribution in [1.82, 2.24) is 10.6 Å². The van der Waals surface area contributed by atoms with E-state index in [1.165, 1.54) is 6.08 Å². The van der Waals surface area contributed by atoms with Gasteiger partial charge in [0.1, 0.15) is 0 Å². The number of amides is 2. The number of hydrogen-bond donors (Lipinski definition) is 2. The van der Waals surface area contributed by atoms with Crippen molar-refractivity contribution in [3.05, 3.63) is 40.4 Å². The third kappa shape index (κ3) is 6.76. The fraction of sp³-hybridized carbons (Fsp3) is 0.286. The Bertz CT molecular complexity index is 484. The van der Waals surface area contributed by atoms with Crippen LogP contribution < -0.4 is 10.6 Å². The molecule has 1 aromatic rings. The lowest BCUT2D eigenvalue weighted by Crippen LogP contribution is -2.39. The van der Waals surface area contributed by atoms with Gasteiger partial charge in [-0.05, 0) is 37.6 Å². The molecule has 0 atom stereocenters. The van der Waals surface area contributed by atoms with Crippen LogP contribution in [0.25, 0.3) is 6.08 Å². The van der Waals surface area contributed by atoms with Gasteiger partial charge in [-0.1, -0.05) is 28.1 Å². The van der Waals surface area contributed by atoms with Crippen LogP contribution in [0.4, 0.5) is 0 Å². The van der Waals surface area contributed by atoms with Gasteiger partial charge in [0.05, 0.1) is 6.54 Å². The van der Waals surface area contributed by atoms with Crippen LogP contribution in [0.3, 0.4) is 0 Å². The number of carbonyl (C=O) groups is 2. The van der Waals surface area contributed by atoms with Gasteiger partial charge in [-0.25, -0.2) is 0 Å². The summed E-state index contributed by atoms with van der Waals surface area (Å²) >= 11 is 3.35. The van der Waals surface area contributed by atoms with Crippen molar-refractivity contribution in [3.8, 4) is 0 Å². The van der Waals surface area contributed by atoms with Crippen LogP contribution in [-0.4, -0.2) is 24.4 Å². The number of nitrogens with one attached hydrogen (secondary N) is 2. The summed E-state index contributed by atoms with van der Waals surface area (Å²) in [5, 5.41) is 5.22. The average Bonchev–Trinajstić information content (AvgIpc) is 2.33. The van der Waals surface area contributed by atoms with Crippen LogP contribution in [0.1, 0.15) is 19.4 Å². The average molecular weight is 325 g/mol. The van der Waals surface area contributed by atoms with Crippen molar-refractivity contribution in [2.24, 2.45) is 0 Å². The minimum Gasteiger partial charge on any atom is -0.352 e. The molecular weight excluding hydrogens is 308 g/mol. The maximum absolute atomic E-state index is 11.5. The van der Waals surface area contributed by atoms with Gasteiger partial charge >= 0.3 is 0 Å². The number of hydrogen-bond acceptors (Lipinski definition) is 2. The number of halogens is 1. The molecule has 102 valence electrons. The molecule has 0 aliphatic heterocycles. The zero-order chi connectivity index (χ0) is 14.3. The van der Waals surface area contributed by atoms with Crippen LogP contribution in [-0.2, 0) is 9.59 Å². The Balaban J connectivity index is 2.41. The van der Waals surface area contributed by atoms with Crippen molar-refractivity contribution in [1.29, 1.82) is 0 Å². The van der Waals surface area contributed by atoms with E-state index >= 15 is 0 Å². The summed E-state index contributed by atoms with van der Waals surface area (Å²) < 4.78 is 0.950. The van der Waals surface area contributed by atoms with Gasteiger partial charge in [-0.3, -0.25) is 9.59 Å². The molecule has 1 aromatic carbocycles. The normalized spacial score (nSPS) is 10.7. The Morgan fingerprint density at radius 3 is 2.74 bits per heavy atom. The van der Waals surface area contributed by atoms with Crippen LogP contribution in [0.2, 0.25) is 0 Å². The van der Waals surface area contributed by atoms with E-state index in [0.29, 0.717) is 0 Å². The molecule has 0 saturated carbocycles. The molecule has 1 rings (SSSR count). The summed E-state index contributed by atoms with van der Waals surface area (Å²) in [6, 6.07) is 7.65. The lowest BCUT2D eigenvalue weighted by Gasteiger charge is -2.08. The zero-order valence-electron chi connectivity index (χ0n) is 10.9. The topological polar surface area (TPSA) is 58.2 Å². The molecule has 0 saturated heterocycles. The van der Waals surface area contributed by atoms with Crippen LogP contribution in [0.15, 0.2) is 34.8 Å². The molecule has 0 unspecified atom stereocenters. The maximum Gasteiger partial charge on any atom is 0.244 e. The Morgan fingerprint density at radius 1 is 1.37 bits per heavy atom. The van der Waals surface area contributed by atoms with E-state index in [-0.39, 0.29) is 24.4 Å². The molecule has 0 bridgehead atoms. The molecule has 0 aliphatic carbocycles. The maximum atomic E-state index is 11.5. The summed E-state index contributed by atoms with van der Waals surface area (Å²) in [5.41, 5.74) is 0.913. The Morgan fingerprint density at radius 2 is 2.11 bits per heavy atom. The molecule has 0 aromatic heterocycles. The van der Waals surface area contributed by atoms with E-state index in [1.807, 2.05) is 38.1 Å². The first-order valence-electron chi connectivity index (χ1n) is 5.98. The summed E-state index contributed by atoms with van der Waals surface area (Å²) in [7, 11) is 0. The quantitative estimate of drug-likeness (QED) is 0.815. The van der Waals surface area contributed by atoms with E-state index in [4.69, 9.17) is 0 Å². The van der Waals surface area contributed by atoms with Crippen LogP contribution in [0, 0.1) is 0 Å². The van der Waals surface area contributed by atoms with Gasteiger partial charge < -0.3 is 10.6 Å². The fourth-order valence-corrected chi connectivity index (χ4v) is 1.80. The highest BCUT2D eigenvalue weighted by atomic mass is 79.9. The van der Waals surface area contributed by atoms with E-state index in [2.05, 4.69) is 26.6 Å². The minimum absolute atomic E-state index is 0.0141. The number of benzene rings is 1. The van der Waals surface area contributed by atoms with E-state index in [1.54, 1.807) is 6.08 Å². The highest BCUT2D eigenvalue weighted by molar-refractivity contribution is 9.10. The second-order valence-corrected chi connectivity index (χ2v) is 5.24. The zero-order valence-corrected chi connectivity index (χ0v) is 12.5. The van der Waals surface area contributed by atoms with Gasteiger partial charge in [0.15, 0.2) is 0 Å². The summed E-state index contributed by atoms with van der Waals surface area (Å²) in [4.78, 5) is 22.8. The van der Waals surface area contributed by atoms with Crippen molar-refractivity contribution in [3.63, 3.8) is 0 Å².